The van der Waals surface area contributed by atoms with Crippen LogP contribution in [0.2, 0.25) is 0 Å². The van der Waals surface area contributed by atoms with E-state index in [0.29, 0.717) is 33.0 Å². The molecule has 2 aromatic carbocycles. The van der Waals surface area contributed by atoms with E-state index in [4.69, 9.17) is 9.47 Å². The number of esters is 1. The number of benzene rings is 2. The molecule has 2 rings (SSSR count). The SMILES string of the molecule is Cc1ccc(NC(=O)O[C@@H](CCCOC(=O)CS)c2cc(Br)cc(Br)c2O)cc1. The third-order valence-electron chi connectivity index (χ3n) is 3.95. The number of hydrogen-bond acceptors (Lipinski definition) is 6. The number of carbonyl (C=O) groups is 2. The first kappa shape index (κ1) is 23.6. The molecule has 0 aromatic heterocycles. The lowest BCUT2D eigenvalue weighted by Gasteiger charge is -2.20. The van der Waals surface area contributed by atoms with Gasteiger partial charge in [-0.3, -0.25) is 10.1 Å². The number of carbonyl (C=O) groups excluding carboxylic acids is 2. The molecular weight excluding hydrogens is 526 g/mol. The van der Waals surface area contributed by atoms with E-state index in [1.807, 2.05) is 19.1 Å². The minimum atomic E-state index is -0.746. The van der Waals surface area contributed by atoms with Gasteiger partial charge in [0.25, 0.3) is 0 Å². The molecule has 0 saturated carbocycles. The molecule has 2 N–H and O–H groups in total. The first-order valence-electron chi connectivity index (χ1n) is 8.79. The third kappa shape index (κ3) is 7.56. The highest BCUT2D eigenvalue weighted by molar-refractivity contribution is 9.11. The van der Waals surface area contributed by atoms with Gasteiger partial charge in [0.15, 0.2) is 0 Å². The first-order chi connectivity index (χ1) is 13.8. The second-order valence-electron chi connectivity index (χ2n) is 6.23. The number of nitrogens with one attached hydrogen (secondary N) is 1. The second kappa shape index (κ2) is 11.5. The van der Waals surface area contributed by atoms with Crippen LogP contribution in [0.1, 0.15) is 30.1 Å². The zero-order valence-electron chi connectivity index (χ0n) is 15.7. The van der Waals surface area contributed by atoms with Gasteiger partial charge in [-0.2, -0.15) is 12.6 Å². The second-order valence-corrected chi connectivity index (χ2v) is 8.32. The summed E-state index contributed by atoms with van der Waals surface area (Å²) in [7, 11) is 0. The number of amides is 1. The van der Waals surface area contributed by atoms with Gasteiger partial charge < -0.3 is 14.6 Å². The van der Waals surface area contributed by atoms with E-state index in [9.17, 15) is 14.7 Å². The van der Waals surface area contributed by atoms with Crippen molar-refractivity contribution in [1.29, 1.82) is 0 Å². The van der Waals surface area contributed by atoms with Crippen LogP contribution in [0, 0.1) is 6.92 Å². The van der Waals surface area contributed by atoms with Gasteiger partial charge in [-0.25, -0.2) is 4.79 Å². The van der Waals surface area contributed by atoms with Crippen molar-refractivity contribution in [3.8, 4) is 5.75 Å². The van der Waals surface area contributed by atoms with Gasteiger partial charge in [-0.1, -0.05) is 33.6 Å². The average Bonchev–Trinajstić information content (AvgIpc) is 2.68. The topological polar surface area (TPSA) is 84.9 Å². The normalized spacial score (nSPS) is 11.6. The molecule has 6 nitrogen and oxygen atoms in total. The van der Waals surface area contributed by atoms with Crippen LogP contribution in [-0.4, -0.2) is 29.5 Å². The lowest BCUT2D eigenvalue weighted by atomic mass is 10.0. The lowest BCUT2D eigenvalue weighted by molar-refractivity contribution is -0.140. The van der Waals surface area contributed by atoms with E-state index in [1.54, 1.807) is 24.3 Å². The van der Waals surface area contributed by atoms with Gasteiger partial charge in [-0.05, 0) is 60.0 Å². The van der Waals surface area contributed by atoms with Crippen molar-refractivity contribution in [3.05, 3.63) is 56.5 Å². The molecular formula is C20H21Br2NO5S. The number of rotatable bonds is 8. The molecule has 0 spiro atoms. The summed E-state index contributed by atoms with van der Waals surface area (Å²) in [6.45, 7) is 2.11. The molecule has 0 aliphatic rings. The Morgan fingerprint density at radius 3 is 2.55 bits per heavy atom. The van der Waals surface area contributed by atoms with E-state index in [0.717, 1.165) is 5.56 Å². The summed E-state index contributed by atoms with van der Waals surface area (Å²) in [5, 5.41) is 13.1. The highest BCUT2D eigenvalue weighted by Crippen LogP contribution is 2.38. The van der Waals surface area contributed by atoms with Crippen LogP contribution < -0.4 is 5.32 Å². The van der Waals surface area contributed by atoms with Crippen LogP contribution in [-0.2, 0) is 14.3 Å². The number of phenols is 1. The number of anilines is 1. The van der Waals surface area contributed by atoms with Crippen LogP contribution in [0.4, 0.5) is 10.5 Å². The molecule has 0 unspecified atom stereocenters. The molecule has 9 heteroatoms. The summed E-state index contributed by atoms with van der Waals surface area (Å²) >= 11 is 10.5. The number of halogens is 2. The lowest BCUT2D eigenvalue weighted by Crippen LogP contribution is -2.18. The van der Waals surface area contributed by atoms with Gasteiger partial charge in [0.05, 0.1) is 16.8 Å². The van der Waals surface area contributed by atoms with Crippen LogP contribution in [0.3, 0.4) is 0 Å². The fraction of sp³-hybridized carbons (Fsp3) is 0.300. The number of thiol groups is 1. The fourth-order valence-electron chi connectivity index (χ4n) is 2.52. The van der Waals surface area contributed by atoms with Gasteiger partial charge in [0.1, 0.15) is 11.9 Å². The van der Waals surface area contributed by atoms with E-state index in [2.05, 4.69) is 49.8 Å². The Balaban J connectivity index is 2.12. The summed E-state index contributed by atoms with van der Waals surface area (Å²) in [6.07, 6.45) is -0.617. The van der Waals surface area contributed by atoms with Gasteiger partial charge in [0, 0.05) is 15.7 Å². The molecule has 1 atom stereocenters. The van der Waals surface area contributed by atoms with Crippen molar-refractivity contribution in [3.63, 3.8) is 0 Å². The quantitative estimate of drug-likeness (QED) is 0.222. The Morgan fingerprint density at radius 1 is 1.21 bits per heavy atom. The Hall–Kier alpha value is -1.71. The van der Waals surface area contributed by atoms with E-state index in [1.165, 1.54) is 0 Å². The molecule has 2 aromatic rings. The van der Waals surface area contributed by atoms with Crippen molar-refractivity contribution in [2.75, 3.05) is 17.7 Å². The molecule has 0 fully saturated rings. The Labute approximate surface area is 191 Å². The van der Waals surface area contributed by atoms with Crippen LogP contribution in [0.5, 0.6) is 5.75 Å². The molecule has 0 saturated heterocycles. The number of ether oxygens (including phenoxy) is 2. The Bertz CT molecular complexity index is 861. The molecule has 0 bridgehead atoms. The van der Waals surface area contributed by atoms with E-state index in [-0.39, 0.29) is 18.1 Å². The summed E-state index contributed by atoms with van der Waals surface area (Å²) in [6, 6.07) is 10.7. The standard InChI is InChI=1S/C20H21Br2NO5S/c1-12-4-6-14(7-5-12)23-20(26)28-17(3-2-8-27-18(24)11-29)15-9-13(21)10-16(22)19(15)25/h4-7,9-10,17,25,29H,2-3,8,11H2,1H3,(H,23,26)/t17-/m0/s1. The summed E-state index contributed by atoms with van der Waals surface area (Å²) in [4.78, 5) is 23.6. The number of hydrogen-bond donors (Lipinski definition) is 3. The first-order valence-corrected chi connectivity index (χ1v) is 11.0. The zero-order chi connectivity index (χ0) is 21.4. The number of aromatic hydroxyl groups is 1. The maximum atomic E-state index is 12.4. The van der Waals surface area contributed by atoms with Crippen molar-refractivity contribution in [2.24, 2.45) is 0 Å². The maximum absolute atomic E-state index is 12.4. The molecule has 0 radical (unpaired) electrons. The average molecular weight is 547 g/mol. The van der Waals surface area contributed by atoms with Crippen molar-refractivity contribution in [1.82, 2.24) is 0 Å². The smallest absolute Gasteiger partial charge is 0.412 e. The van der Waals surface area contributed by atoms with Crippen molar-refractivity contribution in [2.45, 2.75) is 25.9 Å². The van der Waals surface area contributed by atoms with Crippen molar-refractivity contribution < 1.29 is 24.2 Å². The van der Waals surface area contributed by atoms with Gasteiger partial charge in [-0.15, -0.1) is 0 Å². The fourth-order valence-corrected chi connectivity index (χ4v) is 3.87. The van der Waals surface area contributed by atoms with Crippen molar-refractivity contribution >= 4 is 62.2 Å². The van der Waals surface area contributed by atoms with Crippen LogP contribution in [0.25, 0.3) is 0 Å². The predicted molar refractivity (Wildman–Crippen MR) is 122 cm³/mol. The summed E-state index contributed by atoms with van der Waals surface area (Å²) in [5.74, 6) is -0.442. The highest BCUT2D eigenvalue weighted by atomic mass is 79.9. The third-order valence-corrected chi connectivity index (χ3v) is 5.28. The maximum Gasteiger partial charge on any atom is 0.412 e. The largest absolute Gasteiger partial charge is 0.506 e. The molecule has 0 aliphatic heterocycles. The highest BCUT2D eigenvalue weighted by Gasteiger charge is 2.22. The molecule has 1 amide bonds. The minimum Gasteiger partial charge on any atom is -0.506 e. The molecule has 29 heavy (non-hydrogen) atoms. The number of phenolic OH excluding ortho intramolecular Hbond substituents is 1. The summed E-state index contributed by atoms with van der Waals surface area (Å²) < 4.78 is 11.8. The Kier molecular flexibility index (Phi) is 9.32. The Morgan fingerprint density at radius 2 is 1.90 bits per heavy atom. The number of aryl methyl sites for hydroxylation is 1. The van der Waals surface area contributed by atoms with Gasteiger partial charge >= 0.3 is 12.1 Å². The molecule has 0 heterocycles. The molecule has 156 valence electrons. The molecule has 0 aliphatic carbocycles. The van der Waals surface area contributed by atoms with E-state index < -0.39 is 18.2 Å². The predicted octanol–water partition coefficient (Wildman–Crippen LogP) is 5.77. The van der Waals surface area contributed by atoms with Crippen LogP contribution in [0.15, 0.2) is 45.3 Å². The monoisotopic (exact) mass is 545 g/mol. The van der Waals surface area contributed by atoms with Gasteiger partial charge in [0.2, 0.25) is 0 Å². The van der Waals surface area contributed by atoms with E-state index >= 15 is 0 Å². The minimum absolute atomic E-state index is 0.00173. The van der Waals surface area contributed by atoms with Crippen LogP contribution >= 0.6 is 44.5 Å². The summed E-state index contributed by atoms with van der Waals surface area (Å²) in [5.41, 5.74) is 2.11. The zero-order valence-corrected chi connectivity index (χ0v) is 19.7.